The summed E-state index contributed by atoms with van der Waals surface area (Å²) in [4.78, 5) is 16.7. The number of nitrogens with zero attached hydrogens (tertiary/aromatic N) is 3. The number of fused-ring (bicyclic) bond motifs is 1. The standard InChI is InChI=1S/C22H18ClFN4O3/c1-25-22(30,31)18-11-10-17(20(24)26-18)19-15-4-2-3-5-16(15)21(29)28(27-19)12-13-6-8-14(23)9-7-13/h2-11,25,30-31H,12H2,1H3. The molecule has 158 valence electrons. The maximum absolute atomic E-state index is 14.9. The lowest BCUT2D eigenvalue weighted by Gasteiger charge is -2.20. The monoisotopic (exact) mass is 440 g/mol. The Labute approximate surface area is 181 Å². The zero-order valence-corrected chi connectivity index (χ0v) is 17.1. The molecule has 2 heterocycles. The van der Waals surface area contributed by atoms with E-state index in [2.05, 4.69) is 15.4 Å². The molecule has 7 nitrogen and oxygen atoms in total. The van der Waals surface area contributed by atoms with Gasteiger partial charge in [0.15, 0.2) is 0 Å². The fourth-order valence-electron chi connectivity index (χ4n) is 3.24. The van der Waals surface area contributed by atoms with E-state index in [1.54, 1.807) is 48.5 Å². The number of hydrogen-bond donors (Lipinski definition) is 3. The van der Waals surface area contributed by atoms with E-state index in [-0.39, 0.29) is 29.1 Å². The quantitative estimate of drug-likeness (QED) is 0.326. The van der Waals surface area contributed by atoms with Crippen molar-refractivity contribution in [2.24, 2.45) is 0 Å². The summed E-state index contributed by atoms with van der Waals surface area (Å²) in [7, 11) is 1.30. The van der Waals surface area contributed by atoms with Gasteiger partial charge in [-0.3, -0.25) is 10.1 Å². The topological polar surface area (TPSA) is 100 Å². The van der Waals surface area contributed by atoms with Gasteiger partial charge >= 0.3 is 0 Å². The first-order valence-corrected chi connectivity index (χ1v) is 9.73. The van der Waals surface area contributed by atoms with Crippen molar-refractivity contribution in [3.8, 4) is 11.3 Å². The predicted octanol–water partition coefficient (Wildman–Crippen LogP) is 2.61. The molecular formula is C22H18ClFN4O3. The second-order valence-electron chi connectivity index (χ2n) is 6.94. The summed E-state index contributed by atoms with van der Waals surface area (Å²) in [5.41, 5.74) is 0.408. The molecule has 0 unspecified atom stereocenters. The van der Waals surface area contributed by atoms with Gasteiger partial charge in [0, 0.05) is 10.4 Å². The molecule has 4 rings (SSSR count). The highest BCUT2D eigenvalue weighted by atomic mass is 35.5. The van der Waals surface area contributed by atoms with Gasteiger partial charge in [-0.15, -0.1) is 0 Å². The molecule has 3 N–H and O–H groups in total. The lowest BCUT2D eigenvalue weighted by Crippen LogP contribution is -2.40. The van der Waals surface area contributed by atoms with Crippen molar-refractivity contribution >= 4 is 22.4 Å². The van der Waals surface area contributed by atoms with Gasteiger partial charge < -0.3 is 10.2 Å². The summed E-state index contributed by atoms with van der Waals surface area (Å²) < 4.78 is 16.2. The van der Waals surface area contributed by atoms with E-state index >= 15 is 0 Å². The average molecular weight is 441 g/mol. The molecule has 0 aliphatic carbocycles. The van der Waals surface area contributed by atoms with E-state index < -0.39 is 11.9 Å². The maximum atomic E-state index is 14.9. The SMILES string of the molecule is CNC(O)(O)c1ccc(-c2nn(Cc3ccc(Cl)cc3)c(=O)c3ccccc23)c(F)n1. The second kappa shape index (κ2) is 8.16. The van der Waals surface area contributed by atoms with Crippen molar-refractivity contribution in [2.45, 2.75) is 12.5 Å². The van der Waals surface area contributed by atoms with E-state index in [0.717, 1.165) is 5.56 Å². The Morgan fingerprint density at radius 2 is 1.74 bits per heavy atom. The lowest BCUT2D eigenvalue weighted by atomic mass is 10.1. The number of pyridine rings is 1. The van der Waals surface area contributed by atoms with Crippen LogP contribution in [-0.2, 0) is 12.5 Å². The molecule has 0 bridgehead atoms. The largest absolute Gasteiger partial charge is 0.348 e. The van der Waals surface area contributed by atoms with Gasteiger partial charge in [0.25, 0.3) is 11.5 Å². The van der Waals surface area contributed by atoms with Gasteiger partial charge in [0.1, 0.15) is 11.4 Å². The lowest BCUT2D eigenvalue weighted by molar-refractivity contribution is -0.193. The summed E-state index contributed by atoms with van der Waals surface area (Å²) >= 11 is 5.93. The van der Waals surface area contributed by atoms with Crippen LogP contribution in [-0.4, -0.2) is 32.0 Å². The average Bonchev–Trinajstić information content (AvgIpc) is 2.77. The molecule has 4 aromatic rings. The number of benzene rings is 2. The second-order valence-corrected chi connectivity index (χ2v) is 7.38. The Morgan fingerprint density at radius 3 is 2.39 bits per heavy atom. The third kappa shape index (κ3) is 4.06. The Kier molecular flexibility index (Phi) is 5.55. The van der Waals surface area contributed by atoms with Gasteiger partial charge in [-0.25, -0.2) is 9.67 Å². The van der Waals surface area contributed by atoms with Crippen LogP contribution in [0.4, 0.5) is 4.39 Å². The van der Waals surface area contributed by atoms with Crippen molar-refractivity contribution in [3.63, 3.8) is 0 Å². The smallest absolute Gasteiger partial charge is 0.274 e. The summed E-state index contributed by atoms with van der Waals surface area (Å²) in [5, 5.41) is 27.8. The van der Waals surface area contributed by atoms with Crippen LogP contribution in [0.2, 0.25) is 5.02 Å². The third-order valence-corrected chi connectivity index (χ3v) is 5.17. The van der Waals surface area contributed by atoms with Gasteiger partial charge in [-0.05, 0) is 42.9 Å². The van der Waals surface area contributed by atoms with Crippen molar-refractivity contribution in [1.82, 2.24) is 20.1 Å². The summed E-state index contributed by atoms with van der Waals surface area (Å²) in [6, 6.07) is 16.4. The zero-order chi connectivity index (χ0) is 22.2. The van der Waals surface area contributed by atoms with Crippen molar-refractivity contribution in [3.05, 3.63) is 93.2 Å². The summed E-state index contributed by atoms with van der Waals surface area (Å²) in [6.07, 6.45) is 0. The van der Waals surface area contributed by atoms with E-state index in [1.807, 2.05) is 0 Å². The number of aliphatic hydroxyl groups is 2. The molecule has 31 heavy (non-hydrogen) atoms. The number of halogens is 2. The first-order valence-electron chi connectivity index (χ1n) is 9.35. The van der Waals surface area contributed by atoms with Crippen molar-refractivity contribution < 1.29 is 14.6 Å². The van der Waals surface area contributed by atoms with Crippen LogP contribution >= 0.6 is 11.6 Å². The molecule has 0 atom stereocenters. The highest BCUT2D eigenvalue weighted by Crippen LogP contribution is 2.28. The molecule has 0 aliphatic heterocycles. The van der Waals surface area contributed by atoms with Gasteiger partial charge in [0.2, 0.25) is 5.95 Å². The molecule has 2 aromatic carbocycles. The highest BCUT2D eigenvalue weighted by molar-refractivity contribution is 6.30. The number of hydrogen-bond acceptors (Lipinski definition) is 6. The first-order chi connectivity index (χ1) is 14.8. The molecule has 0 radical (unpaired) electrons. The van der Waals surface area contributed by atoms with E-state index in [1.165, 1.54) is 23.9 Å². The van der Waals surface area contributed by atoms with Crippen LogP contribution in [0.1, 0.15) is 11.3 Å². The summed E-state index contributed by atoms with van der Waals surface area (Å²) in [6.45, 7) is 0.164. The van der Waals surface area contributed by atoms with Crippen LogP contribution in [0.3, 0.4) is 0 Å². The van der Waals surface area contributed by atoms with Crippen LogP contribution in [0.5, 0.6) is 0 Å². The minimum Gasteiger partial charge on any atom is -0.348 e. The Morgan fingerprint density at radius 1 is 1.06 bits per heavy atom. The molecule has 9 heteroatoms. The predicted molar refractivity (Wildman–Crippen MR) is 115 cm³/mol. The van der Waals surface area contributed by atoms with Crippen LogP contribution in [0, 0.1) is 5.95 Å². The van der Waals surface area contributed by atoms with E-state index in [9.17, 15) is 19.4 Å². The maximum Gasteiger partial charge on any atom is 0.274 e. The Balaban J connectivity index is 1.89. The molecule has 0 amide bonds. The Bertz CT molecular complexity index is 1320. The van der Waals surface area contributed by atoms with E-state index in [0.29, 0.717) is 15.8 Å². The van der Waals surface area contributed by atoms with Gasteiger partial charge in [0.05, 0.1) is 17.5 Å². The molecule has 0 saturated heterocycles. The normalized spacial score (nSPS) is 11.8. The molecule has 0 fully saturated rings. The Hall–Kier alpha value is -3.17. The van der Waals surface area contributed by atoms with E-state index in [4.69, 9.17) is 11.6 Å². The number of aromatic nitrogens is 3. The van der Waals surface area contributed by atoms with Crippen molar-refractivity contribution in [1.29, 1.82) is 0 Å². The molecule has 0 aliphatic rings. The van der Waals surface area contributed by atoms with Crippen LogP contribution < -0.4 is 10.9 Å². The third-order valence-electron chi connectivity index (χ3n) is 4.92. The minimum absolute atomic E-state index is 0.0247. The molecule has 0 saturated carbocycles. The number of rotatable bonds is 5. The fraction of sp³-hybridized carbons (Fsp3) is 0.136. The molecule has 0 spiro atoms. The first kappa shape index (κ1) is 21.1. The molecule has 2 aromatic heterocycles. The van der Waals surface area contributed by atoms with Crippen molar-refractivity contribution in [2.75, 3.05) is 7.05 Å². The highest BCUT2D eigenvalue weighted by Gasteiger charge is 2.27. The van der Waals surface area contributed by atoms with Crippen LogP contribution in [0.15, 0.2) is 65.5 Å². The van der Waals surface area contributed by atoms with Gasteiger partial charge in [-0.1, -0.05) is 41.9 Å². The minimum atomic E-state index is -2.48. The molecular weight excluding hydrogens is 423 g/mol. The zero-order valence-electron chi connectivity index (χ0n) is 16.4. The number of nitrogens with one attached hydrogen (secondary N) is 1. The fourth-order valence-corrected chi connectivity index (χ4v) is 3.36. The summed E-state index contributed by atoms with van der Waals surface area (Å²) in [5.74, 6) is -3.43. The van der Waals surface area contributed by atoms with Gasteiger partial charge in [-0.2, -0.15) is 9.49 Å². The van der Waals surface area contributed by atoms with Crippen LogP contribution in [0.25, 0.3) is 22.0 Å².